The van der Waals surface area contributed by atoms with Gasteiger partial charge in [0.25, 0.3) is 0 Å². The van der Waals surface area contributed by atoms with Gasteiger partial charge in [-0.15, -0.1) is 11.3 Å². The van der Waals surface area contributed by atoms with Crippen molar-refractivity contribution < 1.29 is 9.59 Å². The van der Waals surface area contributed by atoms with Crippen LogP contribution in [0.1, 0.15) is 42.5 Å². The number of nitrogens with zero attached hydrogens (tertiary/aromatic N) is 1. The van der Waals surface area contributed by atoms with Gasteiger partial charge in [-0.1, -0.05) is 18.9 Å². The van der Waals surface area contributed by atoms with Crippen molar-refractivity contribution in [2.75, 3.05) is 10.6 Å². The van der Waals surface area contributed by atoms with E-state index in [4.69, 9.17) is 0 Å². The number of anilines is 2. The van der Waals surface area contributed by atoms with Crippen LogP contribution in [0.4, 0.5) is 10.8 Å². The Morgan fingerprint density at radius 3 is 2.64 bits per heavy atom. The van der Waals surface area contributed by atoms with Crippen LogP contribution >= 0.6 is 11.3 Å². The van der Waals surface area contributed by atoms with E-state index in [-0.39, 0.29) is 24.2 Å². The second-order valence-electron chi connectivity index (χ2n) is 6.64. The standard InChI is InChI=1S/C19H23N3O2S/c1-12-7-8-15(9-13(12)2)20-17(23)10-16-11-25-19(21-16)22-18(24)14-5-3-4-6-14/h7-9,11,14H,3-6,10H2,1-2H3,(H,20,23)(H,21,22,24). The van der Waals surface area contributed by atoms with Crippen molar-refractivity contribution in [3.05, 3.63) is 40.4 Å². The van der Waals surface area contributed by atoms with Gasteiger partial charge in [0.2, 0.25) is 11.8 Å². The summed E-state index contributed by atoms with van der Waals surface area (Å²) in [5.41, 5.74) is 3.80. The Morgan fingerprint density at radius 1 is 1.16 bits per heavy atom. The molecule has 1 aliphatic carbocycles. The average molecular weight is 357 g/mol. The molecule has 0 spiro atoms. The first kappa shape index (κ1) is 17.6. The van der Waals surface area contributed by atoms with E-state index >= 15 is 0 Å². The molecule has 132 valence electrons. The molecule has 2 aromatic rings. The van der Waals surface area contributed by atoms with Gasteiger partial charge in [0.15, 0.2) is 5.13 Å². The van der Waals surface area contributed by atoms with E-state index in [2.05, 4.69) is 15.6 Å². The fourth-order valence-corrected chi connectivity index (χ4v) is 3.74. The lowest BCUT2D eigenvalue weighted by molar-refractivity contribution is -0.119. The Balaban J connectivity index is 1.54. The Hall–Kier alpha value is -2.21. The molecule has 0 unspecified atom stereocenters. The minimum Gasteiger partial charge on any atom is -0.326 e. The average Bonchev–Trinajstić information content (AvgIpc) is 3.23. The first-order valence-corrected chi connectivity index (χ1v) is 9.51. The Morgan fingerprint density at radius 2 is 1.92 bits per heavy atom. The zero-order chi connectivity index (χ0) is 17.8. The van der Waals surface area contributed by atoms with Crippen molar-refractivity contribution in [1.29, 1.82) is 0 Å². The van der Waals surface area contributed by atoms with E-state index in [1.165, 1.54) is 16.9 Å². The highest BCUT2D eigenvalue weighted by atomic mass is 32.1. The smallest absolute Gasteiger partial charge is 0.230 e. The summed E-state index contributed by atoms with van der Waals surface area (Å²) < 4.78 is 0. The maximum absolute atomic E-state index is 12.2. The van der Waals surface area contributed by atoms with Crippen LogP contribution in [0.25, 0.3) is 0 Å². The highest BCUT2D eigenvalue weighted by Gasteiger charge is 2.23. The number of carbonyl (C=O) groups excluding carboxylic acids is 2. The van der Waals surface area contributed by atoms with Crippen LogP contribution in [0.3, 0.4) is 0 Å². The molecule has 0 radical (unpaired) electrons. The molecular formula is C19H23N3O2S. The zero-order valence-corrected chi connectivity index (χ0v) is 15.4. The van der Waals surface area contributed by atoms with Crippen LogP contribution in [0.5, 0.6) is 0 Å². The first-order valence-electron chi connectivity index (χ1n) is 8.63. The number of hydrogen-bond donors (Lipinski definition) is 2. The van der Waals surface area contributed by atoms with Gasteiger partial charge < -0.3 is 10.6 Å². The molecule has 1 aromatic heterocycles. The van der Waals surface area contributed by atoms with E-state index in [0.29, 0.717) is 10.8 Å². The summed E-state index contributed by atoms with van der Waals surface area (Å²) in [7, 11) is 0. The summed E-state index contributed by atoms with van der Waals surface area (Å²) in [5.74, 6) is 0.0561. The highest BCUT2D eigenvalue weighted by Crippen LogP contribution is 2.26. The molecule has 6 heteroatoms. The van der Waals surface area contributed by atoms with Gasteiger partial charge in [0.1, 0.15) is 0 Å². The van der Waals surface area contributed by atoms with Gasteiger partial charge in [0.05, 0.1) is 12.1 Å². The fourth-order valence-electron chi connectivity index (χ4n) is 3.03. The summed E-state index contributed by atoms with van der Waals surface area (Å²) in [6, 6.07) is 5.85. The van der Waals surface area contributed by atoms with Crippen molar-refractivity contribution >= 4 is 34.0 Å². The molecule has 1 aromatic carbocycles. The van der Waals surface area contributed by atoms with Gasteiger partial charge in [-0.25, -0.2) is 4.98 Å². The third-order valence-corrected chi connectivity index (χ3v) is 5.45. The molecular weight excluding hydrogens is 334 g/mol. The lowest BCUT2D eigenvalue weighted by atomic mass is 10.1. The van der Waals surface area contributed by atoms with Crippen LogP contribution in [0.15, 0.2) is 23.6 Å². The lowest BCUT2D eigenvalue weighted by Gasteiger charge is -2.07. The molecule has 2 amide bonds. The van der Waals surface area contributed by atoms with E-state index in [0.717, 1.165) is 36.9 Å². The number of benzene rings is 1. The predicted molar refractivity (Wildman–Crippen MR) is 101 cm³/mol. The Bertz CT molecular complexity index is 779. The van der Waals surface area contributed by atoms with Crippen molar-refractivity contribution in [2.24, 2.45) is 5.92 Å². The van der Waals surface area contributed by atoms with Gasteiger partial charge >= 0.3 is 0 Å². The van der Waals surface area contributed by atoms with E-state index < -0.39 is 0 Å². The maximum Gasteiger partial charge on any atom is 0.230 e. The summed E-state index contributed by atoms with van der Waals surface area (Å²) in [6.45, 7) is 4.06. The third kappa shape index (κ3) is 4.66. The van der Waals surface area contributed by atoms with Crippen LogP contribution in [0, 0.1) is 19.8 Å². The molecule has 25 heavy (non-hydrogen) atoms. The molecule has 0 aliphatic heterocycles. The van der Waals surface area contributed by atoms with Crippen molar-refractivity contribution in [3.63, 3.8) is 0 Å². The molecule has 0 bridgehead atoms. The van der Waals surface area contributed by atoms with Gasteiger partial charge in [-0.05, 0) is 49.9 Å². The predicted octanol–water partition coefficient (Wildman–Crippen LogP) is 4.07. The summed E-state index contributed by atoms with van der Waals surface area (Å²) in [5, 5.41) is 8.17. The number of carbonyl (C=O) groups is 2. The number of amides is 2. The normalized spacial score (nSPS) is 14.5. The molecule has 5 nitrogen and oxygen atoms in total. The lowest BCUT2D eigenvalue weighted by Crippen LogP contribution is -2.20. The molecule has 1 heterocycles. The first-order chi connectivity index (χ1) is 12.0. The molecule has 1 saturated carbocycles. The molecule has 1 fully saturated rings. The molecule has 3 rings (SSSR count). The number of aryl methyl sites for hydroxylation is 2. The van der Waals surface area contributed by atoms with Crippen LogP contribution in [-0.4, -0.2) is 16.8 Å². The van der Waals surface area contributed by atoms with Crippen LogP contribution < -0.4 is 10.6 Å². The highest BCUT2D eigenvalue weighted by molar-refractivity contribution is 7.13. The second-order valence-corrected chi connectivity index (χ2v) is 7.50. The van der Waals surface area contributed by atoms with Crippen LogP contribution in [-0.2, 0) is 16.0 Å². The molecule has 0 saturated heterocycles. The maximum atomic E-state index is 12.2. The number of hydrogen-bond acceptors (Lipinski definition) is 4. The van der Waals surface area contributed by atoms with Crippen molar-refractivity contribution in [3.8, 4) is 0 Å². The largest absolute Gasteiger partial charge is 0.326 e. The Kier molecular flexibility index (Phi) is 5.48. The minimum atomic E-state index is -0.109. The SMILES string of the molecule is Cc1ccc(NC(=O)Cc2csc(NC(=O)C3CCCC3)n2)cc1C. The monoisotopic (exact) mass is 357 g/mol. The molecule has 1 aliphatic rings. The number of aromatic nitrogens is 1. The summed E-state index contributed by atoms with van der Waals surface area (Å²) >= 11 is 1.37. The van der Waals surface area contributed by atoms with E-state index in [1.54, 1.807) is 0 Å². The van der Waals surface area contributed by atoms with Gasteiger partial charge in [-0.2, -0.15) is 0 Å². The minimum absolute atomic E-state index is 0.0537. The number of rotatable bonds is 5. The van der Waals surface area contributed by atoms with E-state index in [1.807, 2.05) is 37.4 Å². The third-order valence-electron chi connectivity index (χ3n) is 4.64. The quantitative estimate of drug-likeness (QED) is 0.847. The van der Waals surface area contributed by atoms with Crippen molar-refractivity contribution in [2.45, 2.75) is 46.0 Å². The second kappa shape index (κ2) is 7.78. The van der Waals surface area contributed by atoms with Gasteiger partial charge in [-0.3, -0.25) is 9.59 Å². The molecule has 2 N–H and O–H groups in total. The topological polar surface area (TPSA) is 71.1 Å². The van der Waals surface area contributed by atoms with Gasteiger partial charge in [0, 0.05) is 17.0 Å². The Labute approximate surface area is 151 Å². The van der Waals surface area contributed by atoms with E-state index in [9.17, 15) is 9.59 Å². The summed E-state index contributed by atoms with van der Waals surface area (Å²) in [4.78, 5) is 28.7. The number of nitrogens with one attached hydrogen (secondary N) is 2. The fraction of sp³-hybridized carbons (Fsp3) is 0.421. The van der Waals surface area contributed by atoms with Crippen molar-refractivity contribution in [1.82, 2.24) is 4.98 Å². The molecule has 0 atom stereocenters. The van der Waals surface area contributed by atoms with Crippen LogP contribution in [0.2, 0.25) is 0 Å². The zero-order valence-electron chi connectivity index (χ0n) is 14.6. The number of thiazole rings is 1. The summed E-state index contributed by atoms with van der Waals surface area (Å²) in [6.07, 6.45) is 4.37.